The van der Waals surface area contributed by atoms with Gasteiger partial charge in [0.25, 0.3) is 0 Å². The topological polar surface area (TPSA) is 50.8 Å². The summed E-state index contributed by atoms with van der Waals surface area (Å²) < 4.78 is 5.44. The summed E-state index contributed by atoms with van der Waals surface area (Å²) in [7, 11) is 0. The van der Waals surface area contributed by atoms with Crippen LogP contribution in [0.25, 0.3) is 0 Å². The van der Waals surface area contributed by atoms with Crippen molar-refractivity contribution in [3.8, 4) is 0 Å². The molecule has 1 atom stereocenters. The second kappa shape index (κ2) is 3.18. The van der Waals surface area contributed by atoms with Crippen LogP contribution in [0.5, 0.6) is 0 Å². The van der Waals surface area contributed by atoms with Gasteiger partial charge in [-0.05, 0) is 12.8 Å². The molecule has 2 N–H and O–H groups in total. The van der Waals surface area contributed by atoms with Crippen molar-refractivity contribution >= 4 is 5.96 Å². The maximum absolute atomic E-state index is 5.84. The lowest BCUT2D eigenvalue weighted by atomic mass is 9.98. The van der Waals surface area contributed by atoms with Crippen molar-refractivity contribution in [2.75, 3.05) is 26.3 Å². The number of guanidine groups is 1. The highest BCUT2D eigenvalue weighted by molar-refractivity contribution is 5.81. The molecule has 0 aromatic heterocycles. The van der Waals surface area contributed by atoms with Gasteiger partial charge in [0.1, 0.15) is 0 Å². The minimum Gasteiger partial charge on any atom is -0.379 e. The molecule has 0 bridgehead atoms. The minimum atomic E-state index is 0.111. The van der Waals surface area contributed by atoms with Crippen molar-refractivity contribution in [2.45, 2.75) is 25.3 Å². The van der Waals surface area contributed by atoms with E-state index in [1.165, 1.54) is 0 Å². The van der Waals surface area contributed by atoms with Crippen molar-refractivity contribution in [2.24, 2.45) is 10.7 Å². The predicted molar refractivity (Wildman–Crippen MR) is 51.7 cm³/mol. The molecule has 0 saturated carbocycles. The Morgan fingerprint density at radius 2 is 2.54 bits per heavy atom. The molecule has 2 aliphatic heterocycles. The van der Waals surface area contributed by atoms with E-state index in [4.69, 9.17) is 10.5 Å². The zero-order valence-electron chi connectivity index (χ0n) is 8.12. The Morgan fingerprint density at radius 3 is 3.15 bits per heavy atom. The standard InChI is InChI=1S/C9H17N3O/c1-2-4-12-8(10)11-6-9(12)3-5-13-7-9/h2-7H2,1H3,(H2,10,11). The minimum absolute atomic E-state index is 0.111. The van der Waals surface area contributed by atoms with E-state index in [-0.39, 0.29) is 5.54 Å². The Morgan fingerprint density at radius 1 is 1.69 bits per heavy atom. The largest absolute Gasteiger partial charge is 0.379 e. The van der Waals surface area contributed by atoms with Crippen molar-refractivity contribution in [3.05, 3.63) is 0 Å². The van der Waals surface area contributed by atoms with Crippen LogP contribution in [-0.4, -0.2) is 42.7 Å². The number of hydrogen-bond acceptors (Lipinski definition) is 4. The van der Waals surface area contributed by atoms with E-state index in [0.717, 1.165) is 39.1 Å². The third kappa shape index (κ3) is 1.29. The molecule has 13 heavy (non-hydrogen) atoms. The van der Waals surface area contributed by atoms with E-state index in [2.05, 4.69) is 16.8 Å². The van der Waals surface area contributed by atoms with Crippen LogP contribution in [0.2, 0.25) is 0 Å². The van der Waals surface area contributed by atoms with Crippen LogP contribution in [0.4, 0.5) is 0 Å². The third-order valence-corrected chi connectivity index (χ3v) is 2.91. The number of nitrogens with zero attached hydrogens (tertiary/aromatic N) is 2. The monoisotopic (exact) mass is 183 g/mol. The first-order chi connectivity index (χ1) is 6.28. The average Bonchev–Trinajstić information content (AvgIpc) is 2.69. The van der Waals surface area contributed by atoms with Crippen LogP contribution in [-0.2, 0) is 4.74 Å². The lowest BCUT2D eigenvalue weighted by molar-refractivity contribution is 0.133. The van der Waals surface area contributed by atoms with Crippen LogP contribution in [0.15, 0.2) is 4.99 Å². The molecular formula is C9H17N3O. The fraction of sp³-hybridized carbons (Fsp3) is 0.889. The van der Waals surface area contributed by atoms with Crippen molar-refractivity contribution in [1.29, 1.82) is 0 Å². The highest BCUT2D eigenvalue weighted by atomic mass is 16.5. The van der Waals surface area contributed by atoms with Crippen molar-refractivity contribution in [1.82, 2.24) is 4.90 Å². The maximum atomic E-state index is 5.84. The van der Waals surface area contributed by atoms with Gasteiger partial charge in [0, 0.05) is 13.2 Å². The van der Waals surface area contributed by atoms with Crippen LogP contribution < -0.4 is 5.73 Å². The smallest absolute Gasteiger partial charge is 0.191 e. The van der Waals surface area contributed by atoms with E-state index in [9.17, 15) is 0 Å². The predicted octanol–water partition coefficient (Wildman–Crippen LogP) is 0.186. The van der Waals surface area contributed by atoms with Gasteiger partial charge in [0.2, 0.25) is 0 Å². The van der Waals surface area contributed by atoms with Gasteiger partial charge in [0.05, 0.1) is 18.7 Å². The Hall–Kier alpha value is -0.770. The Bertz CT molecular complexity index is 221. The van der Waals surface area contributed by atoms with Gasteiger partial charge < -0.3 is 15.4 Å². The molecule has 4 nitrogen and oxygen atoms in total. The lowest BCUT2D eigenvalue weighted by Gasteiger charge is -2.34. The second-order valence-corrected chi connectivity index (χ2v) is 3.85. The van der Waals surface area contributed by atoms with Gasteiger partial charge in [-0.1, -0.05) is 6.92 Å². The fourth-order valence-electron chi connectivity index (χ4n) is 2.15. The maximum Gasteiger partial charge on any atom is 0.191 e. The Kier molecular flexibility index (Phi) is 2.15. The molecule has 1 fully saturated rings. The first kappa shape index (κ1) is 8.81. The molecule has 0 amide bonds. The van der Waals surface area contributed by atoms with Gasteiger partial charge in [-0.25, -0.2) is 0 Å². The highest BCUT2D eigenvalue weighted by Gasteiger charge is 2.44. The third-order valence-electron chi connectivity index (χ3n) is 2.91. The summed E-state index contributed by atoms with van der Waals surface area (Å²) in [5, 5.41) is 0. The second-order valence-electron chi connectivity index (χ2n) is 3.85. The Labute approximate surface area is 78.8 Å². The van der Waals surface area contributed by atoms with Crippen LogP contribution >= 0.6 is 0 Å². The number of hydrogen-bond donors (Lipinski definition) is 1. The zero-order valence-corrected chi connectivity index (χ0v) is 8.12. The van der Waals surface area contributed by atoms with Crippen molar-refractivity contribution in [3.63, 3.8) is 0 Å². The molecule has 1 saturated heterocycles. The zero-order chi connectivity index (χ0) is 9.31. The van der Waals surface area contributed by atoms with E-state index < -0.39 is 0 Å². The molecule has 74 valence electrons. The highest BCUT2D eigenvalue weighted by Crippen LogP contribution is 2.30. The number of rotatable bonds is 2. The van der Waals surface area contributed by atoms with E-state index in [1.807, 2.05) is 0 Å². The summed E-state index contributed by atoms with van der Waals surface area (Å²) in [6.07, 6.45) is 2.18. The normalized spacial score (nSPS) is 33.0. The average molecular weight is 183 g/mol. The number of aliphatic imine (C=N–C) groups is 1. The fourth-order valence-corrected chi connectivity index (χ4v) is 2.15. The van der Waals surface area contributed by atoms with Gasteiger partial charge >= 0.3 is 0 Å². The molecule has 2 heterocycles. The summed E-state index contributed by atoms with van der Waals surface area (Å²) in [5.41, 5.74) is 5.95. The van der Waals surface area contributed by atoms with Gasteiger partial charge in [-0.2, -0.15) is 0 Å². The van der Waals surface area contributed by atoms with Crippen LogP contribution in [0.3, 0.4) is 0 Å². The molecule has 0 aromatic carbocycles. The van der Waals surface area contributed by atoms with Gasteiger partial charge in [-0.15, -0.1) is 0 Å². The number of ether oxygens (including phenoxy) is 1. The van der Waals surface area contributed by atoms with Gasteiger partial charge in [0.15, 0.2) is 5.96 Å². The van der Waals surface area contributed by atoms with Gasteiger partial charge in [-0.3, -0.25) is 4.99 Å². The summed E-state index contributed by atoms with van der Waals surface area (Å²) in [4.78, 5) is 6.53. The lowest BCUT2D eigenvalue weighted by Crippen LogP contribution is -2.52. The molecule has 4 heteroatoms. The molecule has 1 unspecified atom stereocenters. The quantitative estimate of drug-likeness (QED) is 0.664. The molecule has 2 aliphatic rings. The number of nitrogens with two attached hydrogens (primary N) is 1. The molecule has 0 radical (unpaired) electrons. The molecular weight excluding hydrogens is 166 g/mol. The SMILES string of the molecule is CCCN1C(N)=NCC12CCOC2. The molecule has 1 spiro atoms. The van der Waals surface area contributed by atoms with E-state index in [0.29, 0.717) is 5.96 Å². The van der Waals surface area contributed by atoms with E-state index in [1.54, 1.807) is 0 Å². The summed E-state index contributed by atoms with van der Waals surface area (Å²) in [5.74, 6) is 0.701. The summed E-state index contributed by atoms with van der Waals surface area (Å²) in [6, 6.07) is 0. The van der Waals surface area contributed by atoms with Crippen LogP contribution in [0.1, 0.15) is 19.8 Å². The molecule has 0 aliphatic carbocycles. The first-order valence-corrected chi connectivity index (χ1v) is 4.94. The van der Waals surface area contributed by atoms with Crippen molar-refractivity contribution < 1.29 is 4.74 Å². The van der Waals surface area contributed by atoms with Crippen LogP contribution in [0, 0.1) is 0 Å². The molecule has 2 rings (SSSR count). The summed E-state index contributed by atoms with van der Waals surface area (Å²) >= 11 is 0. The summed E-state index contributed by atoms with van der Waals surface area (Å²) in [6.45, 7) is 5.62. The molecule has 0 aromatic rings. The van der Waals surface area contributed by atoms with E-state index >= 15 is 0 Å². The first-order valence-electron chi connectivity index (χ1n) is 4.94. The Balaban J connectivity index is 2.12.